The third kappa shape index (κ3) is 3.95. The van der Waals surface area contributed by atoms with Gasteiger partial charge in [-0.05, 0) is 57.0 Å². The second kappa shape index (κ2) is 7.56. The van der Waals surface area contributed by atoms with Crippen molar-refractivity contribution in [3.63, 3.8) is 0 Å². The lowest BCUT2D eigenvalue weighted by Gasteiger charge is -2.24. The van der Waals surface area contributed by atoms with E-state index in [4.69, 9.17) is 9.05 Å². The standard InChI is InChI=1S/C21H26N3O4P/c1-12-5-7-18(13(2)23-12)22-11-20(29(26)27-14(3)15(4)28-29)16-6-8-19-17(9-16)10-21(25)24-19/h5-9,14-15,20,22H,10-11H2,1-4H3,(H,24,25)/t14-,15+,20?,29?. The number of carbonyl (C=O) groups excluding carboxylic acids is 1. The van der Waals surface area contributed by atoms with Gasteiger partial charge in [-0.2, -0.15) is 0 Å². The van der Waals surface area contributed by atoms with Crippen molar-refractivity contribution in [1.82, 2.24) is 4.98 Å². The SMILES string of the molecule is Cc1ccc(NCC(c2ccc3c(c2)CC(=O)N3)P2(=O)O[C@@H](C)[C@@H](C)O2)c(C)n1. The molecule has 1 fully saturated rings. The van der Waals surface area contributed by atoms with Crippen LogP contribution in [-0.4, -0.2) is 29.6 Å². The molecule has 0 saturated carbocycles. The van der Waals surface area contributed by atoms with Gasteiger partial charge in [0.1, 0.15) is 5.66 Å². The summed E-state index contributed by atoms with van der Waals surface area (Å²) in [5.41, 5.74) is 4.73. The molecule has 7 nitrogen and oxygen atoms in total. The van der Waals surface area contributed by atoms with E-state index in [1.165, 1.54) is 0 Å². The molecule has 0 aliphatic carbocycles. The van der Waals surface area contributed by atoms with E-state index in [1.807, 2.05) is 58.0 Å². The lowest BCUT2D eigenvalue weighted by molar-refractivity contribution is -0.115. The lowest BCUT2D eigenvalue weighted by atomic mass is 10.1. The van der Waals surface area contributed by atoms with Crippen LogP contribution in [0.5, 0.6) is 0 Å². The summed E-state index contributed by atoms with van der Waals surface area (Å²) < 4.78 is 25.4. The maximum atomic E-state index is 13.7. The van der Waals surface area contributed by atoms with Crippen molar-refractivity contribution in [2.24, 2.45) is 0 Å². The zero-order valence-corrected chi connectivity index (χ0v) is 18.0. The Morgan fingerprint density at radius 3 is 2.62 bits per heavy atom. The van der Waals surface area contributed by atoms with Crippen LogP contribution in [0.4, 0.5) is 11.4 Å². The summed E-state index contributed by atoms with van der Waals surface area (Å²) in [5.74, 6) is -0.0320. The van der Waals surface area contributed by atoms with Gasteiger partial charge in [0.05, 0.1) is 30.0 Å². The number of nitrogens with zero attached hydrogens (tertiary/aromatic N) is 1. The Labute approximate surface area is 170 Å². The fourth-order valence-corrected chi connectivity index (χ4v) is 6.21. The number of pyridine rings is 1. The highest BCUT2D eigenvalue weighted by Gasteiger charge is 2.47. The number of anilines is 2. The number of fused-ring (bicyclic) bond motifs is 1. The molecule has 2 unspecified atom stereocenters. The summed E-state index contributed by atoms with van der Waals surface area (Å²) in [4.78, 5) is 16.2. The minimum Gasteiger partial charge on any atom is -0.382 e. The van der Waals surface area contributed by atoms with Crippen LogP contribution < -0.4 is 10.6 Å². The minimum absolute atomic E-state index is 0.0320. The van der Waals surface area contributed by atoms with Crippen LogP contribution >= 0.6 is 7.60 Å². The largest absolute Gasteiger partial charge is 0.382 e. The molecule has 2 aromatic rings. The molecule has 3 heterocycles. The van der Waals surface area contributed by atoms with Crippen molar-refractivity contribution in [3.05, 3.63) is 52.8 Å². The zero-order chi connectivity index (χ0) is 20.8. The first-order valence-electron chi connectivity index (χ1n) is 9.82. The number of nitrogens with one attached hydrogen (secondary N) is 2. The Morgan fingerprint density at radius 1 is 1.21 bits per heavy atom. The Morgan fingerprint density at radius 2 is 1.93 bits per heavy atom. The number of hydrogen-bond acceptors (Lipinski definition) is 6. The predicted molar refractivity (Wildman–Crippen MR) is 112 cm³/mol. The average Bonchev–Trinajstić information content (AvgIpc) is 3.14. The summed E-state index contributed by atoms with van der Waals surface area (Å²) in [6, 6.07) is 9.58. The Kier molecular flexibility index (Phi) is 5.23. The molecule has 1 aromatic heterocycles. The van der Waals surface area contributed by atoms with E-state index in [0.717, 1.165) is 33.9 Å². The minimum atomic E-state index is -3.40. The quantitative estimate of drug-likeness (QED) is 0.705. The number of carbonyl (C=O) groups is 1. The molecule has 2 N–H and O–H groups in total. The lowest BCUT2D eigenvalue weighted by Crippen LogP contribution is -2.15. The molecule has 1 aromatic carbocycles. The summed E-state index contributed by atoms with van der Waals surface area (Å²) in [6.07, 6.45) is -0.170. The van der Waals surface area contributed by atoms with Crippen molar-refractivity contribution in [3.8, 4) is 0 Å². The molecule has 4 rings (SSSR count). The van der Waals surface area contributed by atoms with Gasteiger partial charge < -0.3 is 19.7 Å². The fraction of sp³-hybridized carbons (Fsp3) is 0.429. The van der Waals surface area contributed by atoms with Gasteiger partial charge in [0.2, 0.25) is 5.91 Å². The molecular formula is C21H26N3O4P. The van der Waals surface area contributed by atoms with Gasteiger partial charge in [-0.15, -0.1) is 0 Å². The van der Waals surface area contributed by atoms with Crippen LogP contribution in [0, 0.1) is 13.8 Å². The van der Waals surface area contributed by atoms with Crippen LogP contribution in [0.3, 0.4) is 0 Å². The molecule has 2 aliphatic rings. The number of benzene rings is 1. The van der Waals surface area contributed by atoms with Crippen LogP contribution in [-0.2, 0) is 24.8 Å². The van der Waals surface area contributed by atoms with Gasteiger partial charge in [-0.1, -0.05) is 12.1 Å². The monoisotopic (exact) mass is 415 g/mol. The summed E-state index contributed by atoms with van der Waals surface area (Å²) in [5, 5.41) is 6.20. The smallest absolute Gasteiger partial charge is 0.340 e. The first kappa shape index (κ1) is 20.1. The van der Waals surface area contributed by atoms with E-state index in [9.17, 15) is 9.36 Å². The van der Waals surface area contributed by atoms with E-state index in [0.29, 0.717) is 13.0 Å². The van der Waals surface area contributed by atoms with Crippen molar-refractivity contribution in [2.75, 3.05) is 17.2 Å². The van der Waals surface area contributed by atoms with Crippen molar-refractivity contribution in [2.45, 2.75) is 52.0 Å². The molecule has 2 aliphatic heterocycles. The van der Waals surface area contributed by atoms with E-state index in [2.05, 4.69) is 15.6 Å². The molecule has 154 valence electrons. The summed E-state index contributed by atoms with van der Waals surface area (Å²) in [6.45, 7) is 7.98. The topological polar surface area (TPSA) is 89.6 Å². The predicted octanol–water partition coefficient (Wildman–Crippen LogP) is 4.36. The van der Waals surface area contributed by atoms with Crippen molar-refractivity contribution >= 4 is 24.9 Å². The van der Waals surface area contributed by atoms with Crippen LogP contribution in [0.1, 0.15) is 42.0 Å². The van der Waals surface area contributed by atoms with Gasteiger partial charge in [0.15, 0.2) is 0 Å². The van der Waals surface area contributed by atoms with Gasteiger partial charge in [-0.3, -0.25) is 14.3 Å². The molecule has 29 heavy (non-hydrogen) atoms. The highest BCUT2D eigenvalue weighted by molar-refractivity contribution is 7.54. The third-order valence-electron chi connectivity index (χ3n) is 5.52. The third-order valence-corrected chi connectivity index (χ3v) is 8.02. The van der Waals surface area contributed by atoms with Gasteiger partial charge >= 0.3 is 7.60 Å². The number of rotatable bonds is 5. The van der Waals surface area contributed by atoms with Crippen molar-refractivity contribution < 1.29 is 18.4 Å². The second-order valence-electron chi connectivity index (χ2n) is 7.78. The average molecular weight is 415 g/mol. The van der Waals surface area contributed by atoms with E-state index in [1.54, 1.807) is 0 Å². The first-order chi connectivity index (χ1) is 13.7. The Bertz CT molecular complexity index is 995. The number of hydrogen-bond donors (Lipinski definition) is 2. The Hall–Kier alpha value is -2.21. The molecule has 1 saturated heterocycles. The van der Waals surface area contributed by atoms with Gasteiger partial charge in [-0.25, -0.2) is 0 Å². The van der Waals surface area contributed by atoms with E-state index < -0.39 is 13.3 Å². The highest BCUT2D eigenvalue weighted by Crippen LogP contribution is 2.66. The molecule has 4 atom stereocenters. The summed E-state index contributed by atoms with van der Waals surface area (Å²) >= 11 is 0. The van der Waals surface area contributed by atoms with Crippen LogP contribution in [0.25, 0.3) is 0 Å². The number of aryl methyl sites for hydroxylation is 2. The number of aromatic nitrogens is 1. The molecule has 0 bridgehead atoms. The molecule has 0 spiro atoms. The Balaban J connectivity index is 1.66. The molecule has 8 heteroatoms. The highest BCUT2D eigenvalue weighted by atomic mass is 31.2. The fourth-order valence-electron chi connectivity index (χ4n) is 3.76. The zero-order valence-electron chi connectivity index (χ0n) is 17.1. The molecule has 0 radical (unpaired) electrons. The summed E-state index contributed by atoms with van der Waals surface area (Å²) in [7, 11) is -3.40. The maximum absolute atomic E-state index is 13.7. The second-order valence-corrected chi connectivity index (χ2v) is 9.91. The normalized spacial score (nSPS) is 26.8. The van der Waals surface area contributed by atoms with Crippen LogP contribution in [0.15, 0.2) is 30.3 Å². The van der Waals surface area contributed by atoms with Gasteiger partial charge in [0, 0.05) is 17.9 Å². The van der Waals surface area contributed by atoms with E-state index >= 15 is 0 Å². The van der Waals surface area contributed by atoms with Crippen molar-refractivity contribution in [1.29, 1.82) is 0 Å². The molecular weight excluding hydrogens is 389 g/mol. The van der Waals surface area contributed by atoms with Gasteiger partial charge in [0.25, 0.3) is 0 Å². The maximum Gasteiger partial charge on any atom is 0.340 e. The number of amides is 1. The van der Waals surface area contributed by atoms with E-state index in [-0.39, 0.29) is 18.1 Å². The molecule has 1 amide bonds. The first-order valence-corrected chi connectivity index (χ1v) is 11.4. The van der Waals surface area contributed by atoms with Crippen LogP contribution in [0.2, 0.25) is 0 Å².